The number of nitrogens with one attached hydrogen (secondary N) is 2. The van der Waals surface area contributed by atoms with Crippen molar-refractivity contribution in [2.45, 2.75) is 25.7 Å². The monoisotopic (exact) mass is 382 g/mol. The van der Waals surface area contributed by atoms with Crippen molar-refractivity contribution < 1.29 is 19.8 Å². The number of aromatic hydroxyl groups is 2. The van der Waals surface area contributed by atoms with E-state index in [4.69, 9.17) is 0 Å². The van der Waals surface area contributed by atoms with Gasteiger partial charge in [0.15, 0.2) is 0 Å². The van der Waals surface area contributed by atoms with Crippen LogP contribution in [-0.2, 0) is 9.59 Å². The number of nitrogens with zero attached hydrogens (tertiary/aromatic N) is 2. The van der Waals surface area contributed by atoms with Crippen LogP contribution < -0.4 is 10.9 Å². The molecule has 0 saturated carbocycles. The molecule has 2 rings (SSSR count). The number of carbonyl (C=O) groups is 2. The SMILES string of the molecule is O=C(CCCCC(=O)N/N=C\c1ccccc1O)N/N=C\c1ccccc1O. The molecule has 2 aromatic carbocycles. The highest BCUT2D eigenvalue weighted by atomic mass is 16.3. The van der Waals surface area contributed by atoms with E-state index in [0.29, 0.717) is 24.0 Å². The number of phenolic OH excluding ortho intramolecular Hbond substituents is 2. The molecule has 8 heteroatoms. The molecule has 0 bridgehead atoms. The average Bonchev–Trinajstić information content (AvgIpc) is 2.68. The van der Waals surface area contributed by atoms with Crippen LogP contribution in [0.1, 0.15) is 36.8 Å². The first-order valence-electron chi connectivity index (χ1n) is 8.76. The lowest BCUT2D eigenvalue weighted by Crippen LogP contribution is -2.19. The van der Waals surface area contributed by atoms with Crippen LogP contribution >= 0.6 is 0 Å². The molecule has 0 aliphatic heterocycles. The fourth-order valence-corrected chi connectivity index (χ4v) is 2.22. The Balaban J connectivity index is 1.60. The van der Waals surface area contributed by atoms with Crippen molar-refractivity contribution in [3.63, 3.8) is 0 Å². The molecule has 0 saturated heterocycles. The smallest absolute Gasteiger partial charge is 0.240 e. The highest BCUT2D eigenvalue weighted by Gasteiger charge is 2.03. The van der Waals surface area contributed by atoms with Gasteiger partial charge in [-0.3, -0.25) is 9.59 Å². The van der Waals surface area contributed by atoms with E-state index >= 15 is 0 Å². The van der Waals surface area contributed by atoms with Gasteiger partial charge in [-0.1, -0.05) is 24.3 Å². The third-order valence-electron chi connectivity index (χ3n) is 3.72. The van der Waals surface area contributed by atoms with Gasteiger partial charge in [0.05, 0.1) is 12.4 Å². The number of hydrogen-bond acceptors (Lipinski definition) is 6. The summed E-state index contributed by atoms with van der Waals surface area (Å²) in [5.74, 6) is -0.386. The quantitative estimate of drug-likeness (QED) is 0.302. The largest absolute Gasteiger partial charge is 0.507 e. The molecule has 0 radical (unpaired) electrons. The Kier molecular flexibility index (Phi) is 8.19. The number of carbonyl (C=O) groups excluding carboxylic acids is 2. The zero-order valence-electron chi connectivity index (χ0n) is 15.2. The first-order chi connectivity index (χ1) is 13.6. The van der Waals surface area contributed by atoms with E-state index < -0.39 is 0 Å². The van der Waals surface area contributed by atoms with E-state index in [0.717, 1.165) is 0 Å². The summed E-state index contributed by atoms with van der Waals surface area (Å²) in [7, 11) is 0. The highest BCUT2D eigenvalue weighted by Crippen LogP contribution is 2.13. The van der Waals surface area contributed by atoms with Gasteiger partial charge in [-0.25, -0.2) is 10.9 Å². The molecule has 0 atom stereocenters. The van der Waals surface area contributed by atoms with Crippen LogP contribution in [0.5, 0.6) is 11.5 Å². The van der Waals surface area contributed by atoms with Crippen molar-refractivity contribution in [1.29, 1.82) is 0 Å². The lowest BCUT2D eigenvalue weighted by molar-refractivity contribution is -0.123. The predicted molar refractivity (Wildman–Crippen MR) is 106 cm³/mol. The Bertz CT molecular complexity index is 793. The van der Waals surface area contributed by atoms with Gasteiger partial charge >= 0.3 is 0 Å². The van der Waals surface area contributed by atoms with Crippen LogP contribution in [-0.4, -0.2) is 34.5 Å². The van der Waals surface area contributed by atoms with E-state index in [1.807, 2.05) is 0 Å². The van der Waals surface area contributed by atoms with Gasteiger partial charge in [0.1, 0.15) is 11.5 Å². The maximum absolute atomic E-state index is 11.7. The molecule has 2 aromatic rings. The third kappa shape index (κ3) is 7.28. The molecule has 8 nitrogen and oxygen atoms in total. The molecule has 0 aromatic heterocycles. The summed E-state index contributed by atoms with van der Waals surface area (Å²) in [6.07, 6.45) is 4.23. The van der Waals surface area contributed by atoms with Crippen molar-refractivity contribution in [2.75, 3.05) is 0 Å². The van der Waals surface area contributed by atoms with E-state index in [9.17, 15) is 19.8 Å². The lowest BCUT2D eigenvalue weighted by atomic mass is 10.2. The Morgan fingerprint density at radius 1 is 0.750 bits per heavy atom. The summed E-state index contributed by atoms with van der Waals surface area (Å²) in [4.78, 5) is 23.4. The van der Waals surface area contributed by atoms with Gasteiger partial charge in [0.2, 0.25) is 11.8 Å². The van der Waals surface area contributed by atoms with Crippen molar-refractivity contribution in [3.8, 4) is 11.5 Å². The van der Waals surface area contributed by atoms with Gasteiger partial charge in [-0.15, -0.1) is 0 Å². The van der Waals surface area contributed by atoms with Crippen molar-refractivity contribution >= 4 is 24.2 Å². The van der Waals surface area contributed by atoms with Crippen LogP contribution in [0, 0.1) is 0 Å². The van der Waals surface area contributed by atoms with E-state index in [2.05, 4.69) is 21.1 Å². The van der Waals surface area contributed by atoms with Gasteiger partial charge in [-0.05, 0) is 37.1 Å². The van der Waals surface area contributed by atoms with Crippen LogP contribution in [0.15, 0.2) is 58.7 Å². The summed E-state index contributed by atoms with van der Waals surface area (Å²) in [6.45, 7) is 0. The van der Waals surface area contributed by atoms with Crippen LogP contribution in [0.25, 0.3) is 0 Å². The van der Waals surface area contributed by atoms with Gasteiger partial charge in [0.25, 0.3) is 0 Å². The number of phenols is 2. The number of hydrogen-bond donors (Lipinski definition) is 4. The summed E-state index contributed by atoms with van der Waals surface area (Å²) < 4.78 is 0. The second-order valence-corrected chi connectivity index (χ2v) is 5.91. The molecule has 0 fully saturated rings. The second-order valence-electron chi connectivity index (χ2n) is 5.91. The number of hydrazone groups is 2. The Morgan fingerprint density at radius 2 is 1.14 bits per heavy atom. The second kappa shape index (κ2) is 11.1. The summed E-state index contributed by atoms with van der Waals surface area (Å²) >= 11 is 0. The van der Waals surface area contributed by atoms with Gasteiger partial charge in [-0.2, -0.15) is 10.2 Å². The first-order valence-corrected chi connectivity index (χ1v) is 8.76. The lowest BCUT2D eigenvalue weighted by Gasteiger charge is -2.02. The average molecular weight is 382 g/mol. The minimum atomic E-state index is -0.273. The number of benzene rings is 2. The normalized spacial score (nSPS) is 11.0. The fraction of sp³-hybridized carbons (Fsp3) is 0.200. The molecule has 0 aliphatic rings. The van der Waals surface area contributed by atoms with Crippen LogP contribution in [0.4, 0.5) is 0 Å². The zero-order valence-corrected chi connectivity index (χ0v) is 15.2. The Labute approximate surface area is 162 Å². The zero-order chi connectivity index (χ0) is 20.2. The van der Waals surface area contributed by atoms with E-state index in [-0.39, 0.29) is 36.2 Å². The molecule has 2 amide bonds. The van der Waals surface area contributed by atoms with Gasteiger partial charge < -0.3 is 10.2 Å². The highest BCUT2D eigenvalue weighted by molar-refractivity contribution is 5.85. The minimum absolute atomic E-state index is 0.0802. The molecule has 0 unspecified atom stereocenters. The van der Waals surface area contributed by atoms with Crippen molar-refractivity contribution in [1.82, 2.24) is 10.9 Å². The number of unbranched alkanes of at least 4 members (excludes halogenated alkanes) is 1. The van der Waals surface area contributed by atoms with Gasteiger partial charge in [0, 0.05) is 24.0 Å². The van der Waals surface area contributed by atoms with E-state index in [1.54, 1.807) is 36.4 Å². The fourth-order valence-electron chi connectivity index (χ4n) is 2.22. The van der Waals surface area contributed by atoms with Crippen LogP contribution in [0.2, 0.25) is 0 Å². The van der Waals surface area contributed by atoms with Crippen molar-refractivity contribution in [3.05, 3.63) is 59.7 Å². The van der Waals surface area contributed by atoms with Crippen molar-refractivity contribution in [2.24, 2.45) is 10.2 Å². The summed E-state index contributed by atoms with van der Waals surface area (Å²) in [6, 6.07) is 13.3. The van der Waals surface area contributed by atoms with E-state index in [1.165, 1.54) is 24.6 Å². The summed E-state index contributed by atoms with van der Waals surface area (Å²) in [5, 5.41) is 26.7. The van der Waals surface area contributed by atoms with Crippen LogP contribution in [0.3, 0.4) is 0 Å². The molecular formula is C20H22N4O4. The third-order valence-corrected chi connectivity index (χ3v) is 3.72. The molecular weight excluding hydrogens is 360 g/mol. The molecule has 4 N–H and O–H groups in total. The maximum atomic E-state index is 11.7. The predicted octanol–water partition coefficient (Wildman–Crippen LogP) is 2.26. The molecule has 0 heterocycles. The number of rotatable bonds is 9. The summed E-state index contributed by atoms with van der Waals surface area (Å²) in [5.41, 5.74) is 5.76. The molecule has 28 heavy (non-hydrogen) atoms. The maximum Gasteiger partial charge on any atom is 0.240 e. The number of para-hydroxylation sites is 2. The molecule has 0 spiro atoms. The topological polar surface area (TPSA) is 123 Å². The Hall–Kier alpha value is -3.68. The molecule has 0 aliphatic carbocycles. The standard InChI is InChI=1S/C20H22N4O4/c25-17-9-3-1-7-15(17)13-21-23-19(27)11-5-6-12-20(28)24-22-14-16-8-2-4-10-18(16)26/h1-4,7-10,13-14,25-26H,5-6,11-12H2,(H,23,27)(H,24,28)/b21-13-,22-14-. The Morgan fingerprint density at radius 3 is 1.54 bits per heavy atom. The minimum Gasteiger partial charge on any atom is -0.507 e. The number of amides is 2. The first kappa shape index (κ1) is 20.6. The molecule has 146 valence electrons.